The summed E-state index contributed by atoms with van der Waals surface area (Å²) in [6.45, 7) is 1.61. The maximum absolute atomic E-state index is 12.8. The fourth-order valence-corrected chi connectivity index (χ4v) is 3.57. The minimum absolute atomic E-state index is 0.259. The number of hydrogen-bond acceptors (Lipinski definition) is 2. The highest BCUT2D eigenvalue weighted by atomic mass is 19.4. The summed E-state index contributed by atoms with van der Waals surface area (Å²) in [7, 11) is 0. The number of amides is 1. The highest BCUT2D eigenvalue weighted by Crippen LogP contribution is 2.45. The second-order valence-electron chi connectivity index (χ2n) is 6.42. The van der Waals surface area contributed by atoms with Gasteiger partial charge in [-0.05, 0) is 42.2 Å². The van der Waals surface area contributed by atoms with Crippen LogP contribution in [0.2, 0.25) is 0 Å². The highest BCUT2D eigenvalue weighted by Gasteiger charge is 2.49. The molecule has 0 aromatic heterocycles. The van der Waals surface area contributed by atoms with E-state index in [1.165, 1.54) is 0 Å². The van der Waals surface area contributed by atoms with Gasteiger partial charge in [-0.15, -0.1) is 0 Å². The number of halogens is 3. The third-order valence-electron chi connectivity index (χ3n) is 4.57. The summed E-state index contributed by atoms with van der Waals surface area (Å²) in [4.78, 5) is 11.6. The number of carbonyl (C=O) groups excluding carboxylic acids is 1. The maximum Gasteiger partial charge on any atom is 0.471 e. The molecular formula is C19H15F3N2O. The zero-order valence-electron chi connectivity index (χ0n) is 13.4. The van der Waals surface area contributed by atoms with Crippen LogP contribution in [0.25, 0.3) is 0 Å². The average molecular weight is 344 g/mol. The van der Waals surface area contributed by atoms with Crippen LogP contribution in [-0.2, 0) is 11.2 Å². The Morgan fingerprint density at radius 1 is 1.24 bits per heavy atom. The largest absolute Gasteiger partial charge is 0.471 e. The van der Waals surface area contributed by atoms with Gasteiger partial charge in [0.25, 0.3) is 0 Å². The van der Waals surface area contributed by atoms with Gasteiger partial charge in [-0.3, -0.25) is 4.79 Å². The van der Waals surface area contributed by atoms with Crippen LogP contribution in [0.3, 0.4) is 0 Å². The third-order valence-corrected chi connectivity index (χ3v) is 4.57. The molecule has 3 nitrogen and oxygen atoms in total. The molecule has 25 heavy (non-hydrogen) atoms. The van der Waals surface area contributed by atoms with Crippen LogP contribution >= 0.6 is 0 Å². The van der Waals surface area contributed by atoms with Crippen molar-refractivity contribution < 1.29 is 18.0 Å². The minimum atomic E-state index is -4.95. The van der Waals surface area contributed by atoms with E-state index in [9.17, 15) is 18.0 Å². The first-order valence-corrected chi connectivity index (χ1v) is 7.72. The lowest BCUT2D eigenvalue weighted by molar-refractivity contribution is -0.175. The van der Waals surface area contributed by atoms with Crippen LogP contribution in [0.15, 0.2) is 48.5 Å². The lowest BCUT2D eigenvalue weighted by Gasteiger charge is -2.34. The number of alkyl halides is 3. The van der Waals surface area contributed by atoms with E-state index in [0.717, 1.165) is 16.7 Å². The van der Waals surface area contributed by atoms with Gasteiger partial charge in [0.1, 0.15) is 0 Å². The first-order chi connectivity index (χ1) is 11.7. The molecule has 3 rings (SSSR count). The van der Waals surface area contributed by atoms with Crippen molar-refractivity contribution in [2.24, 2.45) is 0 Å². The number of rotatable bonds is 2. The molecule has 0 radical (unpaired) electrons. The molecule has 0 saturated carbocycles. The number of hydrogen-bond donors (Lipinski definition) is 1. The van der Waals surface area contributed by atoms with E-state index in [1.807, 2.05) is 18.2 Å². The normalized spacial score (nSPS) is 22.1. The third kappa shape index (κ3) is 3.10. The SMILES string of the molecule is C[C@@]1(NC(=O)C(F)(F)F)Cc2ccc(C#N)cc2[C@@H]1c1ccccc1. The average Bonchev–Trinajstić information content (AvgIpc) is 2.85. The van der Waals surface area contributed by atoms with Gasteiger partial charge in [-0.25, -0.2) is 0 Å². The van der Waals surface area contributed by atoms with Gasteiger partial charge in [-0.2, -0.15) is 18.4 Å². The number of nitrogens with zero attached hydrogens (tertiary/aromatic N) is 1. The molecule has 0 fully saturated rings. The summed E-state index contributed by atoms with van der Waals surface area (Å²) in [6, 6.07) is 16.2. The molecule has 1 N–H and O–H groups in total. The van der Waals surface area contributed by atoms with Crippen LogP contribution in [0, 0.1) is 11.3 Å². The van der Waals surface area contributed by atoms with Crippen molar-refractivity contribution in [1.29, 1.82) is 5.26 Å². The molecule has 1 amide bonds. The van der Waals surface area contributed by atoms with E-state index in [-0.39, 0.29) is 6.42 Å². The highest BCUT2D eigenvalue weighted by molar-refractivity contribution is 5.83. The zero-order valence-corrected chi connectivity index (χ0v) is 13.4. The van der Waals surface area contributed by atoms with Gasteiger partial charge >= 0.3 is 12.1 Å². The number of nitriles is 1. The molecule has 0 spiro atoms. The molecule has 0 saturated heterocycles. The Hall–Kier alpha value is -2.81. The minimum Gasteiger partial charge on any atom is -0.342 e. The molecule has 2 aromatic rings. The van der Waals surface area contributed by atoms with Crippen LogP contribution in [0.1, 0.15) is 35.1 Å². The van der Waals surface area contributed by atoms with Crippen molar-refractivity contribution in [3.05, 3.63) is 70.8 Å². The number of fused-ring (bicyclic) bond motifs is 1. The Morgan fingerprint density at radius 2 is 1.92 bits per heavy atom. The van der Waals surface area contributed by atoms with E-state index < -0.39 is 23.5 Å². The monoisotopic (exact) mass is 344 g/mol. The van der Waals surface area contributed by atoms with Crippen LogP contribution < -0.4 is 5.32 Å². The molecule has 0 heterocycles. The van der Waals surface area contributed by atoms with Gasteiger partial charge in [0.05, 0.1) is 17.2 Å². The molecule has 0 bridgehead atoms. The van der Waals surface area contributed by atoms with E-state index in [2.05, 4.69) is 11.4 Å². The summed E-state index contributed by atoms with van der Waals surface area (Å²) in [5.41, 5.74) is 1.70. The molecule has 2 aromatic carbocycles. The summed E-state index contributed by atoms with van der Waals surface area (Å²) in [6.07, 6.45) is -4.69. The summed E-state index contributed by atoms with van der Waals surface area (Å²) >= 11 is 0. The summed E-state index contributed by atoms with van der Waals surface area (Å²) in [5, 5.41) is 11.3. The lowest BCUT2D eigenvalue weighted by atomic mass is 9.80. The van der Waals surface area contributed by atoms with Crippen molar-refractivity contribution in [3.8, 4) is 6.07 Å². The number of carbonyl (C=O) groups is 1. The van der Waals surface area contributed by atoms with Crippen molar-refractivity contribution in [3.63, 3.8) is 0 Å². The van der Waals surface area contributed by atoms with Gasteiger partial charge < -0.3 is 5.32 Å². The molecule has 128 valence electrons. The van der Waals surface area contributed by atoms with Crippen LogP contribution in [0.4, 0.5) is 13.2 Å². The van der Waals surface area contributed by atoms with Crippen molar-refractivity contribution in [1.82, 2.24) is 5.32 Å². The quantitative estimate of drug-likeness (QED) is 0.903. The smallest absolute Gasteiger partial charge is 0.342 e. The van der Waals surface area contributed by atoms with Crippen molar-refractivity contribution in [2.75, 3.05) is 0 Å². The molecule has 0 aliphatic heterocycles. The molecule has 1 aliphatic rings. The van der Waals surface area contributed by atoms with E-state index in [0.29, 0.717) is 5.56 Å². The molecular weight excluding hydrogens is 329 g/mol. The summed E-state index contributed by atoms with van der Waals surface area (Å²) in [5.74, 6) is -2.42. The first kappa shape index (κ1) is 17.0. The van der Waals surface area contributed by atoms with Crippen molar-refractivity contribution in [2.45, 2.75) is 31.0 Å². The van der Waals surface area contributed by atoms with Gasteiger partial charge in [0.2, 0.25) is 0 Å². The topological polar surface area (TPSA) is 52.9 Å². The Bertz CT molecular complexity index is 855. The Labute approximate surface area is 143 Å². The molecule has 2 atom stereocenters. The number of nitrogens with one attached hydrogen (secondary N) is 1. The van der Waals surface area contributed by atoms with Crippen LogP contribution in [-0.4, -0.2) is 17.6 Å². The predicted molar refractivity (Wildman–Crippen MR) is 85.7 cm³/mol. The van der Waals surface area contributed by atoms with E-state index in [1.54, 1.807) is 37.3 Å². The van der Waals surface area contributed by atoms with Gasteiger partial charge in [0.15, 0.2) is 0 Å². The molecule has 6 heteroatoms. The zero-order chi connectivity index (χ0) is 18.2. The second kappa shape index (κ2) is 5.92. The second-order valence-corrected chi connectivity index (χ2v) is 6.42. The van der Waals surface area contributed by atoms with Gasteiger partial charge in [0, 0.05) is 5.92 Å². The Morgan fingerprint density at radius 3 is 2.52 bits per heavy atom. The standard InChI is InChI=1S/C19H15F3N2O/c1-18(24-17(25)19(20,21)22)10-14-8-7-12(11-23)9-15(14)16(18)13-5-3-2-4-6-13/h2-9,16H,10H2,1H3,(H,24,25)/t16-,18+/m0/s1. The molecule has 1 aliphatic carbocycles. The van der Waals surface area contributed by atoms with Crippen molar-refractivity contribution >= 4 is 5.91 Å². The molecule has 0 unspecified atom stereocenters. The van der Waals surface area contributed by atoms with E-state index >= 15 is 0 Å². The van der Waals surface area contributed by atoms with Gasteiger partial charge in [-0.1, -0.05) is 36.4 Å². The fraction of sp³-hybridized carbons (Fsp3) is 0.263. The Balaban J connectivity index is 2.10. The van der Waals surface area contributed by atoms with Crippen LogP contribution in [0.5, 0.6) is 0 Å². The van der Waals surface area contributed by atoms with E-state index in [4.69, 9.17) is 5.26 Å². The first-order valence-electron chi connectivity index (χ1n) is 7.72. The predicted octanol–water partition coefficient (Wildman–Crippen LogP) is 3.68. The Kier molecular flexibility index (Phi) is 4.03. The number of benzene rings is 2. The maximum atomic E-state index is 12.8. The fourth-order valence-electron chi connectivity index (χ4n) is 3.57. The summed E-state index contributed by atoms with van der Waals surface area (Å²) < 4.78 is 38.4. The lowest BCUT2D eigenvalue weighted by Crippen LogP contribution is -2.53.